The minimum atomic E-state index is -3.41. The lowest BCUT2D eigenvalue weighted by atomic mass is 10.2. The molecular formula is C11H20N4O2S. The maximum absolute atomic E-state index is 11.8. The van der Waals surface area contributed by atoms with Crippen molar-refractivity contribution in [2.75, 3.05) is 20.1 Å². The van der Waals surface area contributed by atoms with E-state index in [1.54, 1.807) is 0 Å². The molecule has 2 rings (SSSR count). The lowest BCUT2D eigenvalue weighted by Gasteiger charge is -2.23. The summed E-state index contributed by atoms with van der Waals surface area (Å²) in [7, 11) is -1.35. The fourth-order valence-corrected chi connectivity index (χ4v) is 3.28. The number of hydrogen-bond donors (Lipinski definition) is 2. The highest BCUT2D eigenvalue weighted by molar-refractivity contribution is 7.89. The lowest BCUT2D eigenvalue weighted by Crippen LogP contribution is -2.37. The first kappa shape index (κ1) is 13.5. The molecular weight excluding hydrogens is 252 g/mol. The van der Waals surface area contributed by atoms with E-state index >= 15 is 0 Å². The molecule has 0 unspecified atom stereocenters. The Labute approximate surface area is 108 Å². The molecule has 6 nitrogen and oxygen atoms in total. The number of rotatable bonds is 6. The second-order valence-electron chi connectivity index (χ2n) is 4.75. The van der Waals surface area contributed by atoms with Crippen molar-refractivity contribution >= 4 is 10.0 Å². The number of likely N-dealkylation sites (N-methyl/N-ethyl adjacent to an activating group) is 1. The molecule has 0 aromatic carbocycles. The molecule has 0 atom stereocenters. The van der Waals surface area contributed by atoms with Crippen molar-refractivity contribution in [1.29, 1.82) is 0 Å². The summed E-state index contributed by atoms with van der Waals surface area (Å²) in [5, 5.41) is 6.14. The fourth-order valence-electron chi connectivity index (χ4n) is 2.35. The lowest BCUT2D eigenvalue weighted by molar-refractivity contribution is 0.250. The summed E-state index contributed by atoms with van der Waals surface area (Å²) < 4.78 is 26.2. The monoisotopic (exact) mass is 272 g/mol. The zero-order valence-electron chi connectivity index (χ0n) is 10.6. The molecule has 1 aliphatic carbocycles. The Hall–Kier alpha value is -0.920. The van der Waals surface area contributed by atoms with Crippen molar-refractivity contribution < 1.29 is 8.42 Å². The highest BCUT2D eigenvalue weighted by Gasteiger charge is 2.20. The molecule has 0 amide bonds. The number of nitrogens with one attached hydrogen (secondary N) is 2. The molecule has 18 heavy (non-hydrogen) atoms. The van der Waals surface area contributed by atoms with Gasteiger partial charge in [0.1, 0.15) is 4.90 Å². The third-order valence-electron chi connectivity index (χ3n) is 3.49. The Morgan fingerprint density at radius 1 is 1.50 bits per heavy atom. The minimum Gasteiger partial charge on any atom is -0.302 e. The van der Waals surface area contributed by atoms with Gasteiger partial charge in [-0.2, -0.15) is 5.10 Å². The number of sulfonamides is 1. The highest BCUT2D eigenvalue weighted by atomic mass is 32.2. The van der Waals surface area contributed by atoms with Crippen LogP contribution in [0.4, 0.5) is 0 Å². The van der Waals surface area contributed by atoms with Crippen LogP contribution in [0.15, 0.2) is 17.3 Å². The van der Waals surface area contributed by atoms with E-state index in [9.17, 15) is 8.42 Å². The first-order valence-electron chi connectivity index (χ1n) is 6.28. The summed E-state index contributed by atoms with van der Waals surface area (Å²) in [5.41, 5.74) is 0. The van der Waals surface area contributed by atoms with Crippen LogP contribution >= 0.6 is 0 Å². The van der Waals surface area contributed by atoms with Crippen LogP contribution in [0.1, 0.15) is 25.7 Å². The standard InChI is InChI=1S/C11H20N4O2S/c1-15(10-4-2-3-5-10)7-6-14-18(16,17)11-8-12-13-9-11/h8-10,14H,2-7H2,1H3,(H,12,13). The van der Waals surface area contributed by atoms with Crippen LogP contribution in [0.2, 0.25) is 0 Å². The maximum atomic E-state index is 11.8. The van der Waals surface area contributed by atoms with Gasteiger partial charge >= 0.3 is 0 Å². The third-order valence-corrected chi connectivity index (χ3v) is 4.92. The predicted octanol–water partition coefficient (Wildman–Crippen LogP) is 0.562. The Morgan fingerprint density at radius 2 is 2.22 bits per heavy atom. The molecule has 1 heterocycles. The Balaban J connectivity index is 1.78. The van der Waals surface area contributed by atoms with Crippen molar-refractivity contribution in [1.82, 2.24) is 19.8 Å². The normalized spacial score (nSPS) is 17.7. The molecule has 102 valence electrons. The van der Waals surface area contributed by atoms with E-state index in [4.69, 9.17) is 0 Å². The molecule has 0 spiro atoms. The summed E-state index contributed by atoms with van der Waals surface area (Å²) in [5.74, 6) is 0. The second kappa shape index (κ2) is 5.81. The van der Waals surface area contributed by atoms with Gasteiger partial charge in [0.2, 0.25) is 10.0 Å². The Bertz CT molecular complexity index is 451. The smallest absolute Gasteiger partial charge is 0.243 e. The molecule has 0 radical (unpaired) electrons. The molecule has 1 saturated carbocycles. The van der Waals surface area contributed by atoms with Crippen molar-refractivity contribution in [3.05, 3.63) is 12.4 Å². The molecule has 1 fully saturated rings. The van der Waals surface area contributed by atoms with Gasteiger partial charge in [0.25, 0.3) is 0 Å². The van der Waals surface area contributed by atoms with E-state index < -0.39 is 10.0 Å². The molecule has 0 bridgehead atoms. The number of hydrogen-bond acceptors (Lipinski definition) is 4. The highest BCUT2D eigenvalue weighted by Crippen LogP contribution is 2.21. The number of aromatic nitrogens is 2. The minimum absolute atomic E-state index is 0.186. The molecule has 7 heteroatoms. The summed E-state index contributed by atoms with van der Waals surface area (Å²) in [6, 6.07) is 0.614. The SMILES string of the molecule is CN(CCNS(=O)(=O)c1cn[nH]c1)C1CCCC1. The largest absolute Gasteiger partial charge is 0.302 e. The predicted molar refractivity (Wildman–Crippen MR) is 68.7 cm³/mol. The molecule has 0 saturated heterocycles. The summed E-state index contributed by atoms with van der Waals surface area (Å²) in [4.78, 5) is 2.43. The van der Waals surface area contributed by atoms with Crippen LogP contribution < -0.4 is 4.72 Å². The van der Waals surface area contributed by atoms with Gasteiger partial charge in [0, 0.05) is 25.3 Å². The van der Waals surface area contributed by atoms with Gasteiger partial charge in [0.05, 0.1) is 6.20 Å². The molecule has 1 aromatic rings. The Morgan fingerprint density at radius 3 is 2.83 bits per heavy atom. The van der Waals surface area contributed by atoms with Crippen LogP contribution in [-0.4, -0.2) is 49.7 Å². The van der Waals surface area contributed by atoms with Crippen molar-refractivity contribution in [3.8, 4) is 0 Å². The average Bonchev–Trinajstić information content (AvgIpc) is 3.02. The molecule has 0 aliphatic heterocycles. The molecule has 1 aliphatic rings. The van der Waals surface area contributed by atoms with Crippen LogP contribution in [0.5, 0.6) is 0 Å². The topological polar surface area (TPSA) is 78.1 Å². The number of aromatic amines is 1. The van der Waals surface area contributed by atoms with Crippen LogP contribution in [0.25, 0.3) is 0 Å². The van der Waals surface area contributed by atoms with E-state index in [-0.39, 0.29) is 4.90 Å². The number of H-pyrrole nitrogens is 1. The fraction of sp³-hybridized carbons (Fsp3) is 0.727. The van der Waals surface area contributed by atoms with E-state index in [0.29, 0.717) is 12.6 Å². The zero-order chi connectivity index (χ0) is 13.0. The van der Waals surface area contributed by atoms with Gasteiger partial charge in [-0.05, 0) is 19.9 Å². The van der Waals surface area contributed by atoms with Gasteiger partial charge in [-0.1, -0.05) is 12.8 Å². The molecule has 2 N–H and O–H groups in total. The van der Waals surface area contributed by atoms with E-state index in [1.807, 2.05) is 0 Å². The molecule has 1 aromatic heterocycles. The summed E-state index contributed by atoms with van der Waals surface area (Å²) in [6.07, 6.45) is 7.72. The zero-order valence-corrected chi connectivity index (χ0v) is 11.4. The van der Waals surface area contributed by atoms with Gasteiger partial charge < -0.3 is 4.90 Å². The van der Waals surface area contributed by atoms with Gasteiger partial charge in [-0.3, -0.25) is 5.10 Å². The van der Waals surface area contributed by atoms with Crippen molar-refractivity contribution in [3.63, 3.8) is 0 Å². The average molecular weight is 272 g/mol. The van der Waals surface area contributed by atoms with E-state index in [0.717, 1.165) is 6.54 Å². The van der Waals surface area contributed by atoms with Crippen molar-refractivity contribution in [2.24, 2.45) is 0 Å². The summed E-state index contributed by atoms with van der Waals surface area (Å²) >= 11 is 0. The van der Waals surface area contributed by atoms with E-state index in [1.165, 1.54) is 38.1 Å². The van der Waals surface area contributed by atoms with Gasteiger partial charge in [-0.25, -0.2) is 13.1 Å². The van der Waals surface area contributed by atoms with E-state index in [2.05, 4.69) is 26.9 Å². The van der Waals surface area contributed by atoms with Crippen molar-refractivity contribution in [2.45, 2.75) is 36.6 Å². The van der Waals surface area contributed by atoms with Crippen LogP contribution in [0, 0.1) is 0 Å². The van der Waals surface area contributed by atoms with Gasteiger partial charge in [-0.15, -0.1) is 0 Å². The summed E-state index contributed by atoms with van der Waals surface area (Å²) in [6.45, 7) is 1.17. The number of nitrogens with zero attached hydrogens (tertiary/aromatic N) is 2. The van der Waals surface area contributed by atoms with Gasteiger partial charge in [0.15, 0.2) is 0 Å². The van der Waals surface area contributed by atoms with Crippen LogP contribution in [0.3, 0.4) is 0 Å². The third kappa shape index (κ3) is 3.30. The second-order valence-corrected chi connectivity index (χ2v) is 6.52. The quantitative estimate of drug-likeness (QED) is 0.793. The maximum Gasteiger partial charge on any atom is 0.243 e. The van der Waals surface area contributed by atoms with Crippen LogP contribution in [-0.2, 0) is 10.0 Å². The first-order valence-corrected chi connectivity index (χ1v) is 7.76. The first-order chi connectivity index (χ1) is 8.59. The Kier molecular flexibility index (Phi) is 4.36.